The SMILES string of the molecule is CCCCCCCCCC[C@H]1OC(=O)CNC(=O)[C@H](Cc2cnc[nH]2)NC(=O)[C@H](CO)NC(=O)[C@H](C(C)CC)NC(=O)[C@H](CC(C)C)N(C)C(=O)[C@@H]1C. The maximum absolute atomic E-state index is 14.1. The van der Waals surface area contributed by atoms with E-state index >= 15 is 0 Å². The van der Waals surface area contributed by atoms with Crippen molar-refractivity contribution in [3.63, 3.8) is 0 Å². The van der Waals surface area contributed by atoms with Gasteiger partial charge in [0.25, 0.3) is 0 Å². The van der Waals surface area contributed by atoms with Crippen molar-refractivity contribution in [1.82, 2.24) is 36.1 Å². The van der Waals surface area contributed by atoms with E-state index in [1.54, 1.807) is 13.8 Å². The van der Waals surface area contributed by atoms with Crippen molar-refractivity contribution in [2.45, 2.75) is 149 Å². The van der Waals surface area contributed by atoms with Gasteiger partial charge in [0.2, 0.25) is 29.5 Å². The van der Waals surface area contributed by atoms with Crippen LogP contribution in [0.3, 0.4) is 0 Å². The summed E-state index contributed by atoms with van der Waals surface area (Å²) in [5.41, 5.74) is 0.508. The number of likely N-dealkylation sites (N-methyl/N-ethyl adjacent to an activating group) is 1. The van der Waals surface area contributed by atoms with Gasteiger partial charge in [-0.3, -0.25) is 28.8 Å². The topological polar surface area (TPSA) is 212 Å². The van der Waals surface area contributed by atoms with E-state index in [-0.39, 0.29) is 18.3 Å². The first-order valence-electron chi connectivity index (χ1n) is 19.5. The molecule has 300 valence electrons. The second-order valence-corrected chi connectivity index (χ2v) is 14.9. The first-order valence-corrected chi connectivity index (χ1v) is 19.5. The van der Waals surface area contributed by atoms with Crippen LogP contribution in [0.25, 0.3) is 0 Å². The van der Waals surface area contributed by atoms with Gasteiger partial charge in [0, 0.05) is 25.4 Å². The Labute approximate surface area is 314 Å². The van der Waals surface area contributed by atoms with E-state index in [0.29, 0.717) is 31.4 Å². The van der Waals surface area contributed by atoms with E-state index in [2.05, 4.69) is 38.2 Å². The highest BCUT2D eigenvalue weighted by atomic mass is 16.5. The van der Waals surface area contributed by atoms with Crippen LogP contribution in [0.2, 0.25) is 0 Å². The zero-order valence-electron chi connectivity index (χ0n) is 32.9. The van der Waals surface area contributed by atoms with Crippen LogP contribution in [0, 0.1) is 17.8 Å². The molecule has 53 heavy (non-hydrogen) atoms. The molecule has 1 saturated heterocycles. The molecule has 5 amide bonds. The zero-order valence-corrected chi connectivity index (χ0v) is 32.9. The van der Waals surface area contributed by atoms with Crippen LogP contribution in [0.1, 0.15) is 118 Å². The van der Waals surface area contributed by atoms with Crippen LogP contribution in [0.15, 0.2) is 12.5 Å². The average Bonchev–Trinajstić information content (AvgIpc) is 3.65. The Morgan fingerprint density at radius 1 is 0.868 bits per heavy atom. The zero-order chi connectivity index (χ0) is 39.5. The van der Waals surface area contributed by atoms with E-state index in [1.807, 2.05) is 20.8 Å². The molecule has 6 N–H and O–H groups in total. The summed E-state index contributed by atoms with van der Waals surface area (Å²) in [5.74, 6) is -5.17. The third kappa shape index (κ3) is 15.1. The fourth-order valence-electron chi connectivity index (χ4n) is 6.41. The Morgan fingerprint density at radius 2 is 1.51 bits per heavy atom. The van der Waals surface area contributed by atoms with Gasteiger partial charge in [-0.25, -0.2) is 4.98 Å². The Bertz CT molecular complexity index is 1310. The fourth-order valence-corrected chi connectivity index (χ4v) is 6.41. The highest BCUT2D eigenvalue weighted by Gasteiger charge is 2.38. The molecular formula is C38H65N7O8. The molecule has 0 spiro atoms. The minimum absolute atomic E-state index is 0.000483. The normalized spacial score (nSPS) is 25.0. The summed E-state index contributed by atoms with van der Waals surface area (Å²) < 4.78 is 5.88. The third-order valence-electron chi connectivity index (χ3n) is 10.0. The number of nitrogens with zero attached hydrogens (tertiary/aromatic N) is 2. The highest BCUT2D eigenvalue weighted by molar-refractivity contribution is 5.96. The summed E-state index contributed by atoms with van der Waals surface area (Å²) in [6.07, 6.45) is 11.7. The number of nitrogens with one attached hydrogen (secondary N) is 5. The largest absolute Gasteiger partial charge is 0.460 e. The van der Waals surface area contributed by atoms with Gasteiger partial charge in [0.15, 0.2) is 0 Å². The third-order valence-corrected chi connectivity index (χ3v) is 10.0. The number of unbranched alkanes of at least 4 members (excludes halogenated alkanes) is 7. The first-order chi connectivity index (χ1) is 25.2. The molecule has 15 nitrogen and oxygen atoms in total. The number of carbonyl (C=O) groups excluding carboxylic acids is 6. The van der Waals surface area contributed by atoms with Gasteiger partial charge in [0.05, 0.1) is 18.9 Å². The van der Waals surface area contributed by atoms with Crippen LogP contribution in [0.5, 0.6) is 0 Å². The number of hydrogen-bond donors (Lipinski definition) is 6. The number of carbonyl (C=O) groups is 6. The fraction of sp³-hybridized carbons (Fsp3) is 0.763. The number of esters is 1. The molecule has 1 unspecified atom stereocenters. The summed E-state index contributed by atoms with van der Waals surface area (Å²) in [6, 6.07) is -4.76. The van der Waals surface area contributed by atoms with Gasteiger partial charge in [0.1, 0.15) is 36.8 Å². The smallest absolute Gasteiger partial charge is 0.325 e. The van der Waals surface area contributed by atoms with Crippen LogP contribution in [-0.2, 0) is 39.9 Å². The lowest BCUT2D eigenvalue weighted by Crippen LogP contribution is -2.60. The van der Waals surface area contributed by atoms with Crippen molar-refractivity contribution in [2.75, 3.05) is 20.2 Å². The minimum atomic E-state index is -1.47. The Balaban J connectivity index is 2.48. The van der Waals surface area contributed by atoms with Crippen LogP contribution < -0.4 is 21.3 Å². The molecule has 1 aromatic heterocycles. The number of amides is 5. The maximum atomic E-state index is 14.1. The molecule has 2 heterocycles. The molecular weight excluding hydrogens is 682 g/mol. The number of imidazole rings is 1. The number of H-pyrrole nitrogens is 1. The van der Waals surface area contributed by atoms with Crippen LogP contribution in [0.4, 0.5) is 0 Å². The Hall–Kier alpha value is -4.01. The molecule has 7 atom stereocenters. The number of ether oxygens (including phenoxy) is 1. The monoisotopic (exact) mass is 747 g/mol. The highest BCUT2D eigenvalue weighted by Crippen LogP contribution is 2.22. The quantitative estimate of drug-likeness (QED) is 0.108. The summed E-state index contributed by atoms with van der Waals surface area (Å²) in [5, 5.41) is 20.6. The van der Waals surface area contributed by atoms with Gasteiger partial charge in [-0.2, -0.15) is 0 Å². The predicted molar refractivity (Wildman–Crippen MR) is 200 cm³/mol. The molecule has 0 aromatic carbocycles. The number of rotatable bonds is 16. The summed E-state index contributed by atoms with van der Waals surface area (Å²) in [6.45, 7) is 9.99. The van der Waals surface area contributed by atoms with E-state index in [4.69, 9.17) is 4.74 Å². The molecule has 0 bridgehead atoms. The number of hydrogen-bond acceptors (Lipinski definition) is 9. The standard InChI is InChI=1S/C38H65N7O8/c1-8-10-11-12-13-14-15-16-17-31-26(6)38(52)45(7)30(18-24(3)4)36(50)44-33(25(5)9-2)37(51)43-29(22-46)35(49)42-28(19-27-20-39-23-41-27)34(48)40-21-32(47)53-31/h20,23-26,28-31,33,46H,8-19,21-22H2,1-7H3,(H,39,41)(H,40,48)(H,42,49)(H,43,51)(H,44,50)/t25?,26-,28+,29+,30+,31-,33+/m1/s1. The molecule has 0 aliphatic carbocycles. The van der Waals surface area contributed by atoms with E-state index in [1.165, 1.54) is 43.7 Å². The summed E-state index contributed by atoms with van der Waals surface area (Å²) >= 11 is 0. The second kappa shape index (κ2) is 23.6. The number of aromatic nitrogens is 2. The van der Waals surface area contributed by atoms with Gasteiger partial charge in [-0.05, 0) is 31.1 Å². The maximum Gasteiger partial charge on any atom is 0.325 e. The predicted octanol–water partition coefficient (Wildman–Crippen LogP) is 2.53. The van der Waals surface area contributed by atoms with Crippen molar-refractivity contribution < 1.29 is 38.6 Å². The molecule has 2 rings (SSSR count). The Kier molecular flexibility index (Phi) is 20.1. The number of cyclic esters (lactones) is 1. The van der Waals surface area contributed by atoms with Crippen molar-refractivity contribution in [3.8, 4) is 0 Å². The molecule has 1 aliphatic heterocycles. The number of aliphatic hydroxyl groups excluding tert-OH is 1. The minimum Gasteiger partial charge on any atom is -0.460 e. The molecule has 15 heteroatoms. The van der Waals surface area contributed by atoms with E-state index in [0.717, 1.165) is 25.7 Å². The van der Waals surface area contributed by atoms with Crippen molar-refractivity contribution in [3.05, 3.63) is 18.2 Å². The lowest BCUT2D eigenvalue weighted by Gasteiger charge is -2.34. The van der Waals surface area contributed by atoms with Crippen molar-refractivity contribution in [2.24, 2.45) is 17.8 Å². The van der Waals surface area contributed by atoms with E-state index < -0.39 is 84.8 Å². The summed E-state index contributed by atoms with van der Waals surface area (Å²) in [4.78, 5) is 90.1. The van der Waals surface area contributed by atoms with Crippen LogP contribution in [-0.4, -0.2) is 106 Å². The average molecular weight is 748 g/mol. The lowest BCUT2D eigenvalue weighted by molar-refractivity contribution is -0.157. The molecule has 1 fully saturated rings. The molecule has 0 radical (unpaired) electrons. The second-order valence-electron chi connectivity index (χ2n) is 14.9. The van der Waals surface area contributed by atoms with Crippen molar-refractivity contribution in [1.29, 1.82) is 0 Å². The van der Waals surface area contributed by atoms with Gasteiger partial charge in [-0.15, -0.1) is 0 Å². The van der Waals surface area contributed by atoms with Gasteiger partial charge in [-0.1, -0.05) is 92.9 Å². The summed E-state index contributed by atoms with van der Waals surface area (Å²) in [7, 11) is 1.54. The first kappa shape index (κ1) is 45.1. The van der Waals surface area contributed by atoms with Gasteiger partial charge >= 0.3 is 5.97 Å². The Morgan fingerprint density at radius 3 is 2.09 bits per heavy atom. The van der Waals surface area contributed by atoms with Crippen LogP contribution >= 0.6 is 0 Å². The molecule has 0 saturated carbocycles. The molecule has 1 aliphatic rings. The van der Waals surface area contributed by atoms with Crippen molar-refractivity contribution >= 4 is 35.5 Å². The number of aliphatic hydroxyl groups is 1. The lowest BCUT2D eigenvalue weighted by atomic mass is 9.94. The number of aromatic amines is 1. The molecule has 1 aromatic rings. The van der Waals surface area contributed by atoms with E-state index in [9.17, 15) is 33.9 Å². The van der Waals surface area contributed by atoms with Gasteiger partial charge < -0.3 is 41.0 Å².